The maximum Gasteiger partial charge on any atom is 0.407 e. The van der Waals surface area contributed by atoms with Crippen molar-refractivity contribution >= 4 is 17.9 Å². The van der Waals surface area contributed by atoms with Gasteiger partial charge < -0.3 is 15.0 Å². The second kappa shape index (κ2) is 8.84. The molecule has 5 nitrogen and oxygen atoms in total. The molecular formula is C18H25N3O2. The maximum atomic E-state index is 11.5. The van der Waals surface area contributed by atoms with Crippen LogP contribution in [0.25, 0.3) is 6.08 Å². The van der Waals surface area contributed by atoms with Crippen molar-refractivity contribution < 1.29 is 9.53 Å². The Morgan fingerprint density at radius 2 is 2.00 bits per heavy atom. The number of ether oxygens (including phenoxy) is 1. The van der Waals surface area contributed by atoms with Crippen LogP contribution in [-0.2, 0) is 4.74 Å². The Labute approximate surface area is 138 Å². The zero-order valence-electron chi connectivity index (χ0n) is 14.3. The summed E-state index contributed by atoms with van der Waals surface area (Å²) >= 11 is 0. The minimum absolute atomic E-state index is 0.415. The predicted molar refractivity (Wildman–Crippen MR) is 93.2 cm³/mol. The van der Waals surface area contributed by atoms with E-state index in [-0.39, 0.29) is 0 Å². The van der Waals surface area contributed by atoms with Crippen LogP contribution in [-0.4, -0.2) is 31.8 Å². The average Bonchev–Trinajstić information content (AvgIpc) is 2.48. The Kier molecular flexibility index (Phi) is 7.14. The third kappa shape index (κ3) is 7.91. The second-order valence-electron chi connectivity index (χ2n) is 6.21. The number of nitrogens with one attached hydrogen (secondary N) is 1. The van der Waals surface area contributed by atoms with Gasteiger partial charge in [0.1, 0.15) is 5.60 Å². The highest BCUT2D eigenvalue weighted by atomic mass is 16.6. The van der Waals surface area contributed by atoms with E-state index in [2.05, 4.69) is 11.4 Å². The Balaban J connectivity index is 2.43. The molecule has 23 heavy (non-hydrogen) atoms. The van der Waals surface area contributed by atoms with Gasteiger partial charge in [0.25, 0.3) is 0 Å². The zero-order chi connectivity index (χ0) is 17.3. The van der Waals surface area contributed by atoms with E-state index in [4.69, 9.17) is 10.00 Å². The number of hydrogen-bond acceptors (Lipinski definition) is 4. The smallest absolute Gasteiger partial charge is 0.407 e. The molecule has 0 aliphatic carbocycles. The zero-order valence-corrected chi connectivity index (χ0v) is 14.3. The van der Waals surface area contributed by atoms with Crippen molar-refractivity contribution in [3.63, 3.8) is 0 Å². The van der Waals surface area contributed by atoms with E-state index in [1.165, 1.54) is 0 Å². The molecule has 0 aliphatic rings. The highest BCUT2D eigenvalue weighted by Gasteiger charge is 2.14. The lowest BCUT2D eigenvalue weighted by Crippen LogP contribution is -2.32. The standard InChI is InChI=1S/C18H25N3O2/c1-18(2,3)23-17(22)20-13-5-7-15-8-10-16(11-9-15)21(4)14-6-12-19/h5,7-11H,6,13-14H2,1-4H3,(H,20,22). The minimum atomic E-state index is -0.485. The molecule has 0 saturated carbocycles. The number of hydrogen-bond donors (Lipinski definition) is 1. The van der Waals surface area contributed by atoms with Gasteiger partial charge in [-0.1, -0.05) is 24.3 Å². The van der Waals surface area contributed by atoms with Crippen LogP contribution in [0.5, 0.6) is 0 Å². The van der Waals surface area contributed by atoms with Gasteiger partial charge in [-0.15, -0.1) is 0 Å². The number of benzene rings is 1. The molecule has 1 N–H and O–H groups in total. The summed E-state index contributed by atoms with van der Waals surface area (Å²) in [5.74, 6) is 0. The molecule has 5 heteroatoms. The van der Waals surface area contributed by atoms with Crippen LogP contribution in [0, 0.1) is 11.3 Å². The lowest BCUT2D eigenvalue weighted by atomic mass is 10.2. The van der Waals surface area contributed by atoms with Crippen LogP contribution >= 0.6 is 0 Å². The van der Waals surface area contributed by atoms with E-state index in [1.807, 2.05) is 69.1 Å². The number of nitriles is 1. The van der Waals surface area contributed by atoms with Crippen molar-refractivity contribution in [3.05, 3.63) is 35.9 Å². The molecule has 1 rings (SSSR count). The van der Waals surface area contributed by atoms with Gasteiger partial charge in [-0.3, -0.25) is 0 Å². The normalized spacial score (nSPS) is 11.1. The third-order valence-corrected chi connectivity index (χ3v) is 2.97. The Morgan fingerprint density at radius 3 is 2.57 bits per heavy atom. The molecule has 0 aromatic heterocycles. The molecule has 0 spiro atoms. The summed E-state index contributed by atoms with van der Waals surface area (Å²) in [4.78, 5) is 13.5. The maximum absolute atomic E-state index is 11.5. The van der Waals surface area contributed by atoms with E-state index < -0.39 is 11.7 Å². The van der Waals surface area contributed by atoms with E-state index in [0.717, 1.165) is 11.3 Å². The summed E-state index contributed by atoms with van der Waals surface area (Å²) in [7, 11) is 1.97. The monoisotopic (exact) mass is 315 g/mol. The number of alkyl carbamates (subject to hydrolysis) is 1. The summed E-state index contributed by atoms with van der Waals surface area (Å²) in [5, 5.41) is 11.3. The lowest BCUT2D eigenvalue weighted by Gasteiger charge is -2.19. The number of carbonyl (C=O) groups is 1. The van der Waals surface area contributed by atoms with Gasteiger partial charge in [-0.05, 0) is 38.5 Å². The van der Waals surface area contributed by atoms with Gasteiger partial charge in [0, 0.05) is 25.8 Å². The number of carbonyl (C=O) groups excluding carboxylic acids is 1. The summed E-state index contributed by atoms with van der Waals surface area (Å²) < 4.78 is 5.15. The molecule has 1 aromatic rings. The van der Waals surface area contributed by atoms with Crippen LogP contribution in [0.3, 0.4) is 0 Å². The Bertz CT molecular complexity index is 565. The van der Waals surface area contributed by atoms with Crippen molar-refractivity contribution in [3.8, 4) is 6.07 Å². The molecule has 0 aliphatic heterocycles. The van der Waals surface area contributed by atoms with Crippen molar-refractivity contribution in [1.29, 1.82) is 5.26 Å². The van der Waals surface area contributed by atoms with Gasteiger partial charge in [0.15, 0.2) is 0 Å². The molecule has 124 valence electrons. The van der Waals surface area contributed by atoms with Crippen LogP contribution in [0.2, 0.25) is 0 Å². The van der Waals surface area contributed by atoms with Gasteiger partial charge in [-0.25, -0.2) is 4.79 Å². The number of amides is 1. The first kappa shape index (κ1) is 18.6. The molecule has 0 radical (unpaired) electrons. The van der Waals surface area contributed by atoms with Crippen molar-refractivity contribution in [2.75, 3.05) is 25.0 Å². The van der Waals surface area contributed by atoms with Crippen LogP contribution in [0.15, 0.2) is 30.3 Å². The largest absolute Gasteiger partial charge is 0.444 e. The summed E-state index contributed by atoms with van der Waals surface area (Å²) in [5.41, 5.74) is 1.64. The van der Waals surface area contributed by atoms with Gasteiger partial charge in [0.2, 0.25) is 0 Å². The summed E-state index contributed by atoms with van der Waals surface area (Å²) in [6.07, 6.45) is 3.90. The minimum Gasteiger partial charge on any atom is -0.444 e. The van der Waals surface area contributed by atoms with Crippen molar-refractivity contribution in [1.82, 2.24) is 5.32 Å². The molecule has 0 atom stereocenters. The van der Waals surface area contributed by atoms with Gasteiger partial charge in [-0.2, -0.15) is 5.26 Å². The van der Waals surface area contributed by atoms with Crippen LogP contribution in [0.1, 0.15) is 32.8 Å². The fourth-order valence-electron chi connectivity index (χ4n) is 1.84. The summed E-state index contributed by atoms with van der Waals surface area (Å²) in [6, 6.07) is 10.2. The fraction of sp³-hybridized carbons (Fsp3) is 0.444. The molecule has 0 bridgehead atoms. The molecule has 0 heterocycles. The molecule has 1 aromatic carbocycles. The Hall–Kier alpha value is -2.48. The highest BCUT2D eigenvalue weighted by Crippen LogP contribution is 2.14. The predicted octanol–water partition coefficient (Wildman–Crippen LogP) is 3.57. The van der Waals surface area contributed by atoms with Crippen molar-refractivity contribution in [2.24, 2.45) is 0 Å². The number of rotatable bonds is 6. The third-order valence-electron chi connectivity index (χ3n) is 2.97. The number of anilines is 1. The second-order valence-corrected chi connectivity index (χ2v) is 6.21. The molecule has 1 amide bonds. The van der Waals surface area contributed by atoms with Crippen molar-refractivity contribution in [2.45, 2.75) is 32.8 Å². The van der Waals surface area contributed by atoms with E-state index >= 15 is 0 Å². The molecule has 0 unspecified atom stereocenters. The van der Waals surface area contributed by atoms with E-state index in [9.17, 15) is 4.79 Å². The Morgan fingerprint density at radius 1 is 1.35 bits per heavy atom. The molecular weight excluding hydrogens is 290 g/mol. The highest BCUT2D eigenvalue weighted by molar-refractivity contribution is 5.68. The quantitative estimate of drug-likeness (QED) is 0.871. The van der Waals surface area contributed by atoms with E-state index in [1.54, 1.807) is 0 Å². The first-order valence-corrected chi connectivity index (χ1v) is 7.63. The first-order valence-electron chi connectivity index (χ1n) is 7.63. The molecule has 0 saturated heterocycles. The van der Waals surface area contributed by atoms with Crippen LogP contribution in [0.4, 0.5) is 10.5 Å². The average molecular weight is 315 g/mol. The fourth-order valence-corrected chi connectivity index (χ4v) is 1.84. The lowest BCUT2D eigenvalue weighted by molar-refractivity contribution is 0.0534. The topological polar surface area (TPSA) is 65.4 Å². The van der Waals surface area contributed by atoms with Gasteiger partial charge in [0.05, 0.1) is 12.5 Å². The van der Waals surface area contributed by atoms with E-state index in [0.29, 0.717) is 19.5 Å². The SMILES string of the molecule is CN(CCC#N)c1ccc(C=CCNC(=O)OC(C)(C)C)cc1. The first-order chi connectivity index (χ1) is 10.8. The van der Waals surface area contributed by atoms with Gasteiger partial charge >= 0.3 is 6.09 Å². The van der Waals surface area contributed by atoms with Crippen LogP contribution < -0.4 is 10.2 Å². The molecule has 0 fully saturated rings. The number of nitrogens with zero attached hydrogens (tertiary/aromatic N) is 2. The summed E-state index contributed by atoms with van der Waals surface area (Å²) in [6.45, 7) is 6.62.